The molecule has 1 unspecified atom stereocenters. The van der Waals surface area contributed by atoms with Crippen LogP contribution in [0.5, 0.6) is 0 Å². The predicted molar refractivity (Wildman–Crippen MR) is 252 cm³/mol. The van der Waals surface area contributed by atoms with Gasteiger partial charge in [0.25, 0.3) is 0 Å². The van der Waals surface area contributed by atoms with Gasteiger partial charge in [-0.05, 0) is 110 Å². The molecule has 18 nitrogen and oxygen atoms in total. The predicted octanol–water partition coefficient (Wildman–Crippen LogP) is 5.41. The number of ketones is 1. The molecular formula is C53H70F2N2O16. The van der Waals surface area contributed by atoms with Crippen LogP contribution in [0.25, 0.3) is 0 Å². The molecule has 8 fully saturated rings. The van der Waals surface area contributed by atoms with Crippen LogP contribution in [-0.2, 0) is 42.7 Å². The largest absolute Gasteiger partial charge is 0.446 e. The van der Waals surface area contributed by atoms with E-state index in [1.165, 1.54) is 36.4 Å². The zero-order valence-corrected chi connectivity index (χ0v) is 41.6. The Hall–Kier alpha value is -3.93. The Morgan fingerprint density at radius 1 is 0.767 bits per heavy atom. The van der Waals surface area contributed by atoms with Crippen molar-refractivity contribution >= 4 is 29.3 Å². The number of nitrogens with one attached hydrogen (secondary N) is 2. The van der Waals surface area contributed by atoms with E-state index in [0.29, 0.717) is 49.9 Å². The van der Waals surface area contributed by atoms with Crippen molar-refractivity contribution < 1.29 is 86.6 Å². The Bertz CT molecular complexity index is 2340. The third-order valence-electron chi connectivity index (χ3n) is 18.5. The van der Waals surface area contributed by atoms with Crippen molar-refractivity contribution in [3.8, 4) is 0 Å². The first-order valence-corrected chi connectivity index (χ1v) is 26.0. The molecule has 4 aliphatic carbocycles. The Kier molecular flexibility index (Phi) is 14.8. The highest BCUT2D eigenvalue weighted by Crippen LogP contribution is 2.70. The van der Waals surface area contributed by atoms with Gasteiger partial charge in [-0.2, -0.15) is 0 Å². The number of Topliss-reactive ketones (excluding diaryl/α,β-unsaturated/α-hetero) is 1. The van der Waals surface area contributed by atoms with Crippen molar-refractivity contribution in [2.45, 2.75) is 165 Å². The summed E-state index contributed by atoms with van der Waals surface area (Å²) in [6.07, 6.45) is -13.1. The molecule has 2 amide bonds. The van der Waals surface area contributed by atoms with Gasteiger partial charge in [0.05, 0.1) is 36.8 Å². The van der Waals surface area contributed by atoms with E-state index < -0.39 is 110 Å². The van der Waals surface area contributed by atoms with Crippen LogP contribution in [0.3, 0.4) is 0 Å². The molecule has 20 heteroatoms. The van der Waals surface area contributed by atoms with Gasteiger partial charge in [0.15, 0.2) is 24.5 Å². The fourth-order valence-electron chi connectivity index (χ4n) is 14.8. The van der Waals surface area contributed by atoms with Crippen molar-refractivity contribution in [3.05, 3.63) is 60.2 Å². The lowest BCUT2D eigenvalue weighted by Crippen LogP contribution is -2.65. The molecule has 73 heavy (non-hydrogen) atoms. The van der Waals surface area contributed by atoms with Crippen LogP contribution in [0, 0.1) is 63.9 Å². The summed E-state index contributed by atoms with van der Waals surface area (Å²) in [6, 6.07) is 10.4. The van der Waals surface area contributed by atoms with Gasteiger partial charge in [-0.15, -0.1) is 0 Å². The maximum Gasteiger partial charge on any atom is 0.412 e. The zero-order chi connectivity index (χ0) is 51.7. The molecule has 0 aromatic heterocycles. The molecule has 2 aromatic carbocycles. The Labute approximate surface area is 422 Å². The minimum absolute atomic E-state index is 0.0725. The van der Waals surface area contributed by atoms with Crippen molar-refractivity contribution in [3.63, 3.8) is 0 Å². The number of halogens is 2. The van der Waals surface area contributed by atoms with Crippen molar-refractivity contribution in [2.75, 3.05) is 30.5 Å². The Balaban J connectivity index is 0.775. The normalized spacial score (nSPS) is 45.1. The van der Waals surface area contributed by atoms with Gasteiger partial charge >= 0.3 is 12.2 Å². The molecule has 4 heterocycles. The molecule has 2 aromatic rings. The SMILES string of the molecule is C[C@@H]1CCC2(OC1)O[C@H]1C[C@H]3[C@@H]4CC[C@H]5C[C@@H](O[C@@H]6O[C@H](CO)[C@@H](O[C@@H]7O[C@H](COC(=O)Nc8ccccc8F)[C@@H](OC(=O)Nc8ccccc8F)[C@H](O)[C@H]7O)[C@H](O)[C@H]6O)CC[C@]5(C)[C@H]4C(=O)C[C@]3(C)[C@H]1[C@@H]2C. The maximum atomic E-state index is 14.7. The molecular weight excluding hydrogens is 959 g/mol. The lowest BCUT2D eigenvalue weighted by Gasteiger charge is -2.60. The van der Waals surface area contributed by atoms with Crippen LogP contribution in [0.4, 0.5) is 29.7 Å². The summed E-state index contributed by atoms with van der Waals surface area (Å²) >= 11 is 0. The monoisotopic (exact) mass is 1030 g/mol. The van der Waals surface area contributed by atoms with Gasteiger partial charge in [0.2, 0.25) is 0 Å². The summed E-state index contributed by atoms with van der Waals surface area (Å²) in [5.74, 6) is -0.159. The molecule has 4 saturated heterocycles. The molecule has 22 atom stereocenters. The Morgan fingerprint density at radius 3 is 2.07 bits per heavy atom. The number of anilines is 2. The van der Waals surface area contributed by atoms with Crippen molar-refractivity contribution in [2.24, 2.45) is 52.3 Å². The molecule has 0 radical (unpaired) electrons. The van der Waals surface area contributed by atoms with Gasteiger partial charge in [0.1, 0.15) is 66.8 Å². The van der Waals surface area contributed by atoms with Gasteiger partial charge in [-0.1, -0.05) is 52.0 Å². The van der Waals surface area contributed by atoms with Crippen molar-refractivity contribution in [1.29, 1.82) is 0 Å². The van der Waals surface area contributed by atoms with E-state index >= 15 is 0 Å². The van der Waals surface area contributed by atoms with E-state index in [-0.39, 0.29) is 57.9 Å². The van der Waals surface area contributed by atoms with E-state index in [2.05, 4.69) is 38.3 Å². The van der Waals surface area contributed by atoms with Gasteiger partial charge in [0, 0.05) is 24.7 Å². The summed E-state index contributed by atoms with van der Waals surface area (Å²) in [6.45, 7) is 8.23. The second-order valence-corrected chi connectivity index (χ2v) is 22.7. The number of aliphatic hydroxyl groups is 5. The molecule has 4 aliphatic heterocycles. The highest BCUT2D eigenvalue weighted by atomic mass is 19.1. The van der Waals surface area contributed by atoms with E-state index in [1.807, 2.05) is 0 Å². The number of benzene rings is 2. The van der Waals surface area contributed by atoms with Crippen LogP contribution in [-0.4, -0.2) is 143 Å². The summed E-state index contributed by atoms with van der Waals surface area (Å²) < 4.78 is 77.1. The van der Waals surface area contributed by atoms with Crippen LogP contribution < -0.4 is 10.6 Å². The molecule has 402 valence electrons. The number of carbonyl (C=O) groups is 3. The standard InChI is InChI=1S/C53H70F2N2O16/c1-25-15-18-53(67-23-25)26(2)39-36(73-53)20-30-29-14-13-27-19-28(16-17-51(27,3)40(29)35(59)21-52(30,39)4)68-47-43(62)41(60)45(37(22-58)69-47)71-48-44(63)42(61)46(72-50(65)57-34-12-8-6-10-32(34)55)38(70-48)24-66-49(64)56-33-11-7-5-9-31(33)54/h5-12,25-30,36-48,58,60-63H,13-24H2,1-4H3,(H,56,64)(H,57,65)/t25-,26+,27+,28+,29+,30+,36+,37-,38-,39+,40-,41-,42-,43-,44-,45-,46-,47-,48+,51+,52+,53?/m1/s1. The number of amides is 2. The first-order valence-electron chi connectivity index (χ1n) is 26.0. The molecule has 4 saturated carbocycles. The highest BCUT2D eigenvalue weighted by Gasteiger charge is 2.71. The number of carbonyl (C=O) groups excluding carboxylic acids is 3. The number of hydrogen-bond acceptors (Lipinski definition) is 16. The van der Waals surface area contributed by atoms with Crippen molar-refractivity contribution in [1.82, 2.24) is 0 Å². The number of rotatable bonds is 10. The Morgan fingerprint density at radius 2 is 1.41 bits per heavy atom. The quantitative estimate of drug-likeness (QED) is 0.147. The number of fused-ring (bicyclic) bond motifs is 7. The van der Waals surface area contributed by atoms with E-state index in [9.17, 15) is 48.7 Å². The number of hydrogen-bond donors (Lipinski definition) is 7. The summed E-state index contributed by atoms with van der Waals surface area (Å²) in [4.78, 5) is 40.4. The molecule has 0 bridgehead atoms. The zero-order valence-electron chi connectivity index (χ0n) is 41.6. The second-order valence-electron chi connectivity index (χ2n) is 22.7. The fourth-order valence-corrected chi connectivity index (χ4v) is 14.8. The van der Waals surface area contributed by atoms with Crippen LogP contribution in [0.15, 0.2) is 48.5 Å². The van der Waals surface area contributed by atoms with Gasteiger partial charge < -0.3 is 63.4 Å². The molecule has 10 rings (SSSR count). The average Bonchev–Trinajstić information content (AvgIpc) is 3.80. The highest BCUT2D eigenvalue weighted by molar-refractivity contribution is 5.86. The average molecular weight is 1030 g/mol. The lowest BCUT2D eigenvalue weighted by molar-refractivity contribution is -0.363. The maximum absolute atomic E-state index is 14.7. The summed E-state index contributed by atoms with van der Waals surface area (Å²) in [5, 5.41) is 60.8. The van der Waals surface area contributed by atoms with Crippen LogP contribution >= 0.6 is 0 Å². The minimum atomic E-state index is -2.04. The minimum Gasteiger partial charge on any atom is -0.446 e. The fraction of sp³-hybridized carbons (Fsp3) is 0.717. The van der Waals surface area contributed by atoms with E-state index in [1.54, 1.807) is 0 Å². The third-order valence-corrected chi connectivity index (χ3v) is 18.5. The second kappa shape index (κ2) is 20.5. The van der Waals surface area contributed by atoms with E-state index in [0.717, 1.165) is 44.2 Å². The summed E-state index contributed by atoms with van der Waals surface area (Å²) in [7, 11) is 0. The molecule has 7 N–H and O–H groups in total. The first-order chi connectivity index (χ1) is 34.8. The molecule has 8 aliphatic rings. The number of ether oxygens (including phenoxy) is 8. The van der Waals surface area contributed by atoms with E-state index in [4.69, 9.17) is 37.9 Å². The van der Waals surface area contributed by atoms with Gasteiger partial charge in [-0.3, -0.25) is 15.4 Å². The smallest absolute Gasteiger partial charge is 0.412 e. The summed E-state index contributed by atoms with van der Waals surface area (Å²) in [5.41, 5.74) is -0.922. The number of aliphatic hydroxyl groups excluding tert-OH is 5. The topological polar surface area (TPSA) is 250 Å². The van der Waals surface area contributed by atoms with Crippen LogP contribution in [0.1, 0.15) is 85.5 Å². The van der Waals surface area contributed by atoms with Gasteiger partial charge in [-0.25, -0.2) is 18.4 Å². The number of para-hydroxylation sites is 2. The third kappa shape index (κ3) is 9.59. The molecule has 1 spiro atoms. The lowest BCUT2D eigenvalue weighted by atomic mass is 9.44. The van der Waals surface area contributed by atoms with Crippen LogP contribution in [0.2, 0.25) is 0 Å². The first kappa shape index (κ1) is 52.5.